The minimum Gasteiger partial charge on any atom is -0.302 e. The molecule has 0 aromatic heterocycles. The molecule has 2 heterocycles. The number of hydrazone groups is 1. The van der Waals surface area contributed by atoms with E-state index < -0.39 is 0 Å². The Morgan fingerprint density at radius 1 is 1.00 bits per heavy atom. The van der Waals surface area contributed by atoms with Gasteiger partial charge in [-0.1, -0.05) is 60.3 Å². The zero-order valence-corrected chi connectivity index (χ0v) is 12.0. The van der Waals surface area contributed by atoms with Gasteiger partial charge in [0.1, 0.15) is 11.1 Å². The largest absolute Gasteiger partial charge is 0.302 e. The quantitative estimate of drug-likeness (QED) is 0.923. The standard InChI is InChI=1S/C16H13N3OS/c20-16-17-15-14(21-16)13(11-7-3-1-4-8-11)19(18-15)12-9-5-2-6-10-12/h1-10,13-14H,(H,17,18,20). The van der Waals surface area contributed by atoms with E-state index in [1.807, 2.05) is 53.5 Å². The van der Waals surface area contributed by atoms with Gasteiger partial charge in [0.15, 0.2) is 0 Å². The Labute approximate surface area is 126 Å². The van der Waals surface area contributed by atoms with Crippen molar-refractivity contribution in [2.75, 3.05) is 5.01 Å². The van der Waals surface area contributed by atoms with Crippen molar-refractivity contribution in [1.82, 2.24) is 5.32 Å². The summed E-state index contributed by atoms with van der Waals surface area (Å²) in [7, 11) is 0. The first-order chi connectivity index (χ1) is 10.3. The number of fused-ring (bicyclic) bond motifs is 1. The Hall–Kier alpha value is -2.27. The Balaban J connectivity index is 1.79. The van der Waals surface area contributed by atoms with Crippen LogP contribution in [-0.4, -0.2) is 16.3 Å². The van der Waals surface area contributed by atoms with Gasteiger partial charge in [0.2, 0.25) is 0 Å². The van der Waals surface area contributed by atoms with E-state index in [1.165, 1.54) is 11.8 Å². The van der Waals surface area contributed by atoms with Crippen LogP contribution >= 0.6 is 11.8 Å². The number of nitrogens with zero attached hydrogens (tertiary/aromatic N) is 2. The molecular weight excluding hydrogens is 282 g/mol. The summed E-state index contributed by atoms with van der Waals surface area (Å²) < 4.78 is 0. The molecule has 1 saturated heterocycles. The number of benzene rings is 2. The lowest BCUT2D eigenvalue weighted by atomic mass is 10.0. The third-order valence-electron chi connectivity index (χ3n) is 3.66. The highest BCUT2D eigenvalue weighted by Gasteiger charge is 2.45. The molecule has 2 unspecified atom stereocenters. The Bertz CT molecular complexity index is 702. The summed E-state index contributed by atoms with van der Waals surface area (Å²) in [6.07, 6.45) is 0. The van der Waals surface area contributed by atoms with Crippen LogP contribution in [0.2, 0.25) is 0 Å². The van der Waals surface area contributed by atoms with Crippen molar-refractivity contribution in [3.8, 4) is 0 Å². The molecule has 4 nitrogen and oxygen atoms in total. The number of hydrogen-bond donors (Lipinski definition) is 1. The van der Waals surface area contributed by atoms with Crippen LogP contribution in [0.25, 0.3) is 0 Å². The maximum atomic E-state index is 11.6. The highest BCUT2D eigenvalue weighted by molar-refractivity contribution is 8.15. The fourth-order valence-corrected chi connectivity index (χ4v) is 3.76. The van der Waals surface area contributed by atoms with Gasteiger partial charge in [0, 0.05) is 0 Å². The number of thioether (sulfide) groups is 1. The van der Waals surface area contributed by atoms with E-state index in [-0.39, 0.29) is 16.5 Å². The van der Waals surface area contributed by atoms with Gasteiger partial charge >= 0.3 is 0 Å². The predicted octanol–water partition coefficient (Wildman–Crippen LogP) is 3.39. The van der Waals surface area contributed by atoms with Gasteiger partial charge in [-0.05, 0) is 17.7 Å². The zero-order valence-electron chi connectivity index (χ0n) is 11.1. The molecular formula is C16H13N3OS. The molecule has 0 saturated carbocycles. The van der Waals surface area contributed by atoms with Gasteiger partial charge in [-0.25, -0.2) is 0 Å². The van der Waals surface area contributed by atoms with Crippen LogP contribution in [0.15, 0.2) is 65.8 Å². The maximum absolute atomic E-state index is 11.6. The molecule has 0 bridgehead atoms. The lowest BCUT2D eigenvalue weighted by molar-refractivity contribution is 0.265. The Kier molecular flexibility index (Phi) is 2.93. The van der Waals surface area contributed by atoms with Crippen molar-refractivity contribution in [2.24, 2.45) is 5.10 Å². The second-order valence-electron chi connectivity index (χ2n) is 4.97. The molecule has 1 fully saturated rings. The average Bonchev–Trinajstić information content (AvgIpc) is 3.05. The lowest BCUT2D eigenvalue weighted by Crippen LogP contribution is -2.27. The van der Waals surface area contributed by atoms with Gasteiger partial charge in [-0.2, -0.15) is 5.10 Å². The number of hydrogen-bond acceptors (Lipinski definition) is 4. The van der Waals surface area contributed by atoms with Crippen LogP contribution in [-0.2, 0) is 0 Å². The van der Waals surface area contributed by atoms with Gasteiger partial charge in [-0.3, -0.25) is 9.80 Å². The number of carbonyl (C=O) groups excluding carboxylic acids is 1. The molecule has 5 heteroatoms. The summed E-state index contributed by atoms with van der Waals surface area (Å²) in [5.74, 6) is 0.753. The molecule has 2 atom stereocenters. The number of para-hydroxylation sites is 1. The van der Waals surface area contributed by atoms with Gasteiger partial charge in [0.25, 0.3) is 5.24 Å². The summed E-state index contributed by atoms with van der Waals surface area (Å²) >= 11 is 1.32. The van der Waals surface area contributed by atoms with Crippen LogP contribution in [0.1, 0.15) is 11.6 Å². The third-order valence-corrected chi connectivity index (χ3v) is 4.71. The van der Waals surface area contributed by atoms with E-state index in [0.29, 0.717) is 0 Å². The molecule has 0 spiro atoms. The van der Waals surface area contributed by atoms with Crippen molar-refractivity contribution in [3.05, 3.63) is 66.2 Å². The normalized spacial score (nSPS) is 23.7. The number of amidine groups is 1. The first kappa shape index (κ1) is 12.5. The summed E-state index contributed by atoms with van der Waals surface area (Å²) in [5.41, 5.74) is 2.19. The molecule has 104 valence electrons. The Morgan fingerprint density at radius 3 is 2.38 bits per heavy atom. The van der Waals surface area contributed by atoms with E-state index in [0.717, 1.165) is 17.1 Å². The molecule has 2 aliphatic heterocycles. The van der Waals surface area contributed by atoms with Crippen molar-refractivity contribution >= 4 is 28.5 Å². The van der Waals surface area contributed by atoms with E-state index in [1.54, 1.807) is 0 Å². The number of rotatable bonds is 2. The monoisotopic (exact) mass is 295 g/mol. The Morgan fingerprint density at radius 2 is 1.67 bits per heavy atom. The van der Waals surface area contributed by atoms with E-state index in [9.17, 15) is 4.79 Å². The molecule has 0 aliphatic carbocycles. The number of amides is 1. The number of carbonyl (C=O) groups is 1. The first-order valence-electron chi connectivity index (χ1n) is 6.78. The van der Waals surface area contributed by atoms with E-state index in [2.05, 4.69) is 22.6 Å². The molecule has 21 heavy (non-hydrogen) atoms. The number of nitrogens with one attached hydrogen (secondary N) is 1. The minimum atomic E-state index is -0.0209. The van der Waals surface area contributed by atoms with Gasteiger partial charge < -0.3 is 5.32 Å². The second kappa shape index (κ2) is 4.93. The topological polar surface area (TPSA) is 44.7 Å². The van der Waals surface area contributed by atoms with Crippen molar-refractivity contribution < 1.29 is 4.79 Å². The van der Waals surface area contributed by atoms with E-state index >= 15 is 0 Å². The van der Waals surface area contributed by atoms with Crippen molar-refractivity contribution in [3.63, 3.8) is 0 Å². The molecule has 1 amide bonds. The first-order valence-corrected chi connectivity index (χ1v) is 7.66. The highest BCUT2D eigenvalue weighted by Crippen LogP contribution is 2.42. The molecule has 4 rings (SSSR count). The summed E-state index contributed by atoms with van der Waals surface area (Å²) in [6.45, 7) is 0. The SMILES string of the molecule is O=C1NC2=NN(c3ccccc3)C(c3ccccc3)C2S1. The van der Waals surface area contributed by atoms with Crippen LogP contribution in [0.3, 0.4) is 0 Å². The van der Waals surface area contributed by atoms with Gasteiger partial charge in [0.05, 0.1) is 11.7 Å². The summed E-state index contributed by atoms with van der Waals surface area (Å²) in [4.78, 5) is 11.6. The summed E-state index contributed by atoms with van der Waals surface area (Å²) in [5, 5.41) is 9.48. The maximum Gasteiger partial charge on any atom is 0.285 e. The molecule has 0 radical (unpaired) electrons. The van der Waals surface area contributed by atoms with Crippen LogP contribution < -0.4 is 10.3 Å². The molecule has 1 N–H and O–H groups in total. The zero-order chi connectivity index (χ0) is 14.2. The van der Waals surface area contributed by atoms with Crippen LogP contribution in [0.5, 0.6) is 0 Å². The van der Waals surface area contributed by atoms with Crippen molar-refractivity contribution in [1.29, 1.82) is 0 Å². The molecule has 2 aliphatic rings. The smallest absolute Gasteiger partial charge is 0.285 e. The predicted molar refractivity (Wildman–Crippen MR) is 85.4 cm³/mol. The van der Waals surface area contributed by atoms with Gasteiger partial charge in [-0.15, -0.1) is 0 Å². The van der Waals surface area contributed by atoms with Crippen LogP contribution in [0.4, 0.5) is 10.5 Å². The number of anilines is 1. The second-order valence-corrected chi connectivity index (χ2v) is 6.09. The fourth-order valence-electron chi connectivity index (χ4n) is 2.74. The highest BCUT2D eigenvalue weighted by atomic mass is 32.2. The third kappa shape index (κ3) is 2.10. The average molecular weight is 295 g/mol. The summed E-state index contributed by atoms with van der Waals surface area (Å²) in [6, 6.07) is 20.3. The van der Waals surface area contributed by atoms with E-state index in [4.69, 9.17) is 0 Å². The van der Waals surface area contributed by atoms with Crippen LogP contribution in [0, 0.1) is 0 Å². The molecule has 2 aromatic carbocycles. The minimum absolute atomic E-state index is 0.0209. The fraction of sp³-hybridized carbons (Fsp3) is 0.125. The molecule has 2 aromatic rings. The lowest BCUT2D eigenvalue weighted by Gasteiger charge is -2.26. The van der Waals surface area contributed by atoms with Crippen molar-refractivity contribution in [2.45, 2.75) is 11.3 Å².